The second kappa shape index (κ2) is 7.91. The molecule has 0 aromatic heterocycles. The summed E-state index contributed by atoms with van der Waals surface area (Å²) in [5, 5.41) is 0.656. The van der Waals surface area contributed by atoms with Crippen molar-refractivity contribution in [3.05, 3.63) is 94.0 Å². The van der Waals surface area contributed by atoms with Crippen LogP contribution < -0.4 is 0 Å². The lowest BCUT2D eigenvalue weighted by molar-refractivity contribution is 1.43. The van der Waals surface area contributed by atoms with Crippen LogP contribution in [0.4, 0.5) is 11.4 Å². The van der Waals surface area contributed by atoms with Gasteiger partial charge in [-0.1, -0.05) is 59.1 Å². The first-order chi connectivity index (χ1) is 12.1. The Balaban J connectivity index is 1.74. The number of aryl methyl sites for hydroxylation is 2. The van der Waals surface area contributed by atoms with Gasteiger partial charge in [0.25, 0.3) is 0 Å². The number of hydrogen-bond acceptors (Lipinski definition) is 2. The molecule has 25 heavy (non-hydrogen) atoms. The zero-order valence-corrected chi connectivity index (χ0v) is 15.0. The van der Waals surface area contributed by atoms with Crippen molar-refractivity contribution >= 4 is 35.4 Å². The first-order valence-corrected chi connectivity index (χ1v) is 8.49. The maximum absolute atomic E-state index is 6.37. The van der Waals surface area contributed by atoms with E-state index in [-0.39, 0.29) is 0 Å². The van der Waals surface area contributed by atoms with Crippen LogP contribution in [-0.2, 0) is 0 Å². The summed E-state index contributed by atoms with van der Waals surface area (Å²) in [6.07, 6.45) is 3.60. The van der Waals surface area contributed by atoms with Crippen molar-refractivity contribution in [1.29, 1.82) is 0 Å². The third-order valence-corrected chi connectivity index (χ3v) is 4.14. The summed E-state index contributed by atoms with van der Waals surface area (Å²) < 4.78 is 0. The van der Waals surface area contributed by atoms with Crippen molar-refractivity contribution in [1.82, 2.24) is 0 Å². The molecule has 3 rings (SSSR count). The highest BCUT2D eigenvalue weighted by molar-refractivity contribution is 6.33. The summed E-state index contributed by atoms with van der Waals surface area (Å²) in [6, 6.07) is 22.0. The van der Waals surface area contributed by atoms with E-state index in [0.29, 0.717) is 5.02 Å². The molecular weight excluding hydrogens is 328 g/mol. The Bertz CT molecular complexity index is 908. The highest BCUT2D eigenvalue weighted by Gasteiger charge is 1.99. The lowest BCUT2D eigenvalue weighted by Gasteiger charge is -2.01. The molecule has 3 aromatic rings. The summed E-state index contributed by atoms with van der Waals surface area (Å²) in [5.41, 5.74) is 6.11. The largest absolute Gasteiger partial charge is 0.256 e. The Morgan fingerprint density at radius 3 is 1.72 bits per heavy atom. The van der Waals surface area contributed by atoms with Crippen molar-refractivity contribution in [2.45, 2.75) is 13.8 Å². The Kier molecular flexibility index (Phi) is 5.42. The minimum absolute atomic E-state index is 0.656. The van der Waals surface area contributed by atoms with Crippen LogP contribution >= 0.6 is 11.6 Å². The number of benzene rings is 3. The molecule has 0 N–H and O–H groups in total. The minimum Gasteiger partial charge on any atom is -0.256 e. The first-order valence-electron chi connectivity index (χ1n) is 8.11. The number of hydrogen-bond donors (Lipinski definition) is 0. The van der Waals surface area contributed by atoms with Gasteiger partial charge in [-0.2, -0.15) is 0 Å². The van der Waals surface area contributed by atoms with E-state index in [2.05, 4.69) is 23.8 Å². The van der Waals surface area contributed by atoms with E-state index in [1.165, 1.54) is 11.1 Å². The van der Waals surface area contributed by atoms with Gasteiger partial charge in [0.1, 0.15) is 0 Å². The quantitative estimate of drug-likeness (QED) is 0.484. The van der Waals surface area contributed by atoms with Crippen molar-refractivity contribution in [3.63, 3.8) is 0 Å². The molecule has 0 heterocycles. The molecule has 124 valence electrons. The summed E-state index contributed by atoms with van der Waals surface area (Å²) in [4.78, 5) is 8.94. The second-order valence-electron chi connectivity index (χ2n) is 5.97. The van der Waals surface area contributed by atoms with E-state index >= 15 is 0 Å². The molecule has 0 amide bonds. The van der Waals surface area contributed by atoms with Crippen molar-refractivity contribution in [2.75, 3.05) is 0 Å². The summed E-state index contributed by atoms with van der Waals surface area (Å²) in [7, 11) is 0. The third-order valence-electron chi connectivity index (χ3n) is 3.81. The van der Waals surface area contributed by atoms with Gasteiger partial charge in [0, 0.05) is 23.0 Å². The third kappa shape index (κ3) is 4.88. The van der Waals surface area contributed by atoms with Crippen LogP contribution in [-0.4, -0.2) is 12.4 Å². The Morgan fingerprint density at radius 1 is 0.680 bits per heavy atom. The molecule has 0 aliphatic heterocycles. The van der Waals surface area contributed by atoms with Crippen LogP contribution in [0.2, 0.25) is 5.02 Å². The van der Waals surface area contributed by atoms with Crippen LogP contribution in [0.25, 0.3) is 0 Å². The minimum atomic E-state index is 0.656. The number of rotatable bonds is 4. The first kappa shape index (κ1) is 17.1. The predicted octanol–water partition coefficient (Wildman–Crippen LogP) is 6.46. The standard InChI is InChI=1S/C22H19ClN2/c1-16-3-9-20(10-4-16)24-14-18-7-8-19(22(23)13-18)15-25-21-11-5-17(2)6-12-21/h3-15H,1-2H3. The van der Waals surface area contributed by atoms with Gasteiger partial charge in [-0.15, -0.1) is 0 Å². The number of halogens is 1. The van der Waals surface area contributed by atoms with Gasteiger partial charge < -0.3 is 0 Å². The molecule has 0 bridgehead atoms. The Hall–Kier alpha value is -2.71. The van der Waals surface area contributed by atoms with Gasteiger partial charge in [-0.05, 0) is 49.7 Å². The van der Waals surface area contributed by atoms with E-state index in [1.807, 2.05) is 72.9 Å². The number of aliphatic imine (C=N–C) groups is 2. The normalized spacial score (nSPS) is 11.5. The van der Waals surface area contributed by atoms with E-state index in [0.717, 1.165) is 22.5 Å². The van der Waals surface area contributed by atoms with Crippen molar-refractivity contribution < 1.29 is 0 Å². The van der Waals surface area contributed by atoms with E-state index in [1.54, 1.807) is 6.21 Å². The molecule has 0 aliphatic rings. The average Bonchev–Trinajstić information content (AvgIpc) is 2.62. The van der Waals surface area contributed by atoms with Gasteiger partial charge in [0.15, 0.2) is 0 Å². The number of nitrogens with zero attached hydrogens (tertiary/aromatic N) is 2. The maximum Gasteiger partial charge on any atom is 0.0630 e. The second-order valence-corrected chi connectivity index (χ2v) is 6.38. The van der Waals surface area contributed by atoms with E-state index in [9.17, 15) is 0 Å². The van der Waals surface area contributed by atoms with Crippen LogP contribution in [0.3, 0.4) is 0 Å². The molecule has 0 fully saturated rings. The summed E-state index contributed by atoms with van der Waals surface area (Å²) in [5.74, 6) is 0. The summed E-state index contributed by atoms with van der Waals surface area (Å²) in [6.45, 7) is 4.12. The molecule has 0 spiro atoms. The predicted molar refractivity (Wildman–Crippen MR) is 108 cm³/mol. The lowest BCUT2D eigenvalue weighted by atomic mass is 10.1. The van der Waals surface area contributed by atoms with E-state index < -0.39 is 0 Å². The van der Waals surface area contributed by atoms with Gasteiger partial charge in [-0.25, -0.2) is 0 Å². The Morgan fingerprint density at radius 2 is 1.20 bits per heavy atom. The highest BCUT2D eigenvalue weighted by Crippen LogP contribution is 2.19. The molecule has 3 heteroatoms. The smallest absolute Gasteiger partial charge is 0.0630 e. The molecule has 0 saturated carbocycles. The van der Waals surface area contributed by atoms with Crippen molar-refractivity contribution in [2.24, 2.45) is 9.98 Å². The van der Waals surface area contributed by atoms with Crippen LogP contribution in [0.5, 0.6) is 0 Å². The van der Waals surface area contributed by atoms with E-state index in [4.69, 9.17) is 11.6 Å². The van der Waals surface area contributed by atoms with Crippen LogP contribution in [0, 0.1) is 13.8 Å². The highest BCUT2D eigenvalue weighted by atomic mass is 35.5. The van der Waals surface area contributed by atoms with Gasteiger partial charge in [0.05, 0.1) is 11.4 Å². The molecular formula is C22H19ClN2. The molecule has 0 aliphatic carbocycles. The zero-order valence-electron chi connectivity index (χ0n) is 14.3. The fraction of sp³-hybridized carbons (Fsp3) is 0.0909. The lowest BCUT2D eigenvalue weighted by Crippen LogP contribution is -1.87. The van der Waals surface area contributed by atoms with Crippen molar-refractivity contribution in [3.8, 4) is 0 Å². The van der Waals surface area contributed by atoms with Gasteiger partial charge in [-0.3, -0.25) is 9.98 Å². The maximum atomic E-state index is 6.37. The van der Waals surface area contributed by atoms with Crippen LogP contribution in [0.1, 0.15) is 22.3 Å². The Labute approximate surface area is 153 Å². The fourth-order valence-corrected chi connectivity index (χ4v) is 2.52. The molecule has 0 unspecified atom stereocenters. The molecule has 0 saturated heterocycles. The monoisotopic (exact) mass is 346 g/mol. The van der Waals surface area contributed by atoms with Crippen LogP contribution in [0.15, 0.2) is 76.7 Å². The summed E-state index contributed by atoms with van der Waals surface area (Å²) >= 11 is 6.37. The molecule has 0 radical (unpaired) electrons. The van der Waals surface area contributed by atoms with Gasteiger partial charge in [0.2, 0.25) is 0 Å². The molecule has 3 aromatic carbocycles. The van der Waals surface area contributed by atoms with Gasteiger partial charge >= 0.3 is 0 Å². The molecule has 0 atom stereocenters. The molecule has 2 nitrogen and oxygen atoms in total. The SMILES string of the molecule is Cc1ccc(N=Cc2ccc(C=Nc3ccc(C)cc3)c(Cl)c2)cc1. The fourth-order valence-electron chi connectivity index (χ4n) is 2.28. The topological polar surface area (TPSA) is 24.7 Å². The zero-order chi connectivity index (χ0) is 17.6. The average molecular weight is 347 g/mol.